The molecule has 0 radical (unpaired) electrons. The fraction of sp³-hybridized carbons (Fsp3) is 0.222. The van der Waals surface area contributed by atoms with E-state index in [1.165, 1.54) is 0 Å². The number of rotatable bonds is 1. The van der Waals surface area contributed by atoms with Gasteiger partial charge in [0.2, 0.25) is 0 Å². The zero-order chi connectivity index (χ0) is 9.14. The first-order valence-corrected chi connectivity index (χ1v) is 7.11. The van der Waals surface area contributed by atoms with Crippen molar-refractivity contribution < 1.29 is 0 Å². The lowest BCUT2D eigenvalue weighted by molar-refractivity contribution is 1.50. The molecule has 0 saturated carbocycles. The molecule has 62 valence electrons. The summed E-state index contributed by atoms with van der Waals surface area (Å²) in [5, 5.41) is 10.6. The van der Waals surface area contributed by atoms with E-state index in [9.17, 15) is 0 Å². The Kier molecular flexibility index (Phi) is 2.91. The molecule has 0 bridgehead atoms. The zero-order valence-electron chi connectivity index (χ0n) is 7.13. The quantitative estimate of drug-likeness (QED) is 0.629. The third-order valence-electron chi connectivity index (χ3n) is 1.75. The van der Waals surface area contributed by atoms with Gasteiger partial charge in [0.05, 0.1) is 20.4 Å². The standard InChI is InChI=1S/C9H10ClNSi/c1-12(2)9-7(6-11)4-3-5-8(9)10/h3-5,12H,1-2H3. The SMILES string of the molecule is C[SiH](C)c1c(Cl)cccc1C#N. The smallest absolute Gasteiger partial charge is 0.0990 e. The summed E-state index contributed by atoms with van der Waals surface area (Å²) in [7, 11) is -0.980. The fourth-order valence-electron chi connectivity index (χ4n) is 1.22. The largest absolute Gasteiger partial charge is 0.192 e. The minimum absolute atomic E-state index is 0.740. The molecule has 0 aliphatic carbocycles. The molecular formula is C9H10ClNSi. The van der Waals surface area contributed by atoms with Crippen LogP contribution in [0, 0.1) is 11.3 Å². The minimum Gasteiger partial charge on any atom is -0.192 e. The van der Waals surface area contributed by atoms with Crippen LogP contribution in [-0.2, 0) is 0 Å². The van der Waals surface area contributed by atoms with Crippen molar-refractivity contribution in [3.8, 4) is 6.07 Å². The second kappa shape index (κ2) is 3.75. The summed E-state index contributed by atoms with van der Waals surface area (Å²) >= 11 is 5.99. The molecule has 0 amide bonds. The van der Waals surface area contributed by atoms with Gasteiger partial charge in [0.1, 0.15) is 0 Å². The lowest BCUT2D eigenvalue weighted by Gasteiger charge is -2.07. The summed E-state index contributed by atoms with van der Waals surface area (Å²) in [4.78, 5) is 0. The fourth-order valence-corrected chi connectivity index (χ4v) is 3.48. The van der Waals surface area contributed by atoms with Crippen molar-refractivity contribution in [3.05, 3.63) is 28.8 Å². The molecule has 12 heavy (non-hydrogen) atoms. The highest BCUT2D eigenvalue weighted by atomic mass is 35.5. The molecule has 0 heterocycles. The minimum atomic E-state index is -0.980. The highest BCUT2D eigenvalue weighted by molar-refractivity contribution is 6.73. The molecule has 0 atom stereocenters. The van der Waals surface area contributed by atoms with Gasteiger partial charge in [-0.05, 0) is 17.3 Å². The Morgan fingerprint density at radius 1 is 1.42 bits per heavy atom. The molecular weight excluding hydrogens is 186 g/mol. The molecule has 0 aliphatic heterocycles. The van der Waals surface area contributed by atoms with Gasteiger partial charge >= 0.3 is 0 Å². The van der Waals surface area contributed by atoms with Crippen LogP contribution in [0.1, 0.15) is 5.56 Å². The summed E-state index contributed by atoms with van der Waals surface area (Å²) < 4.78 is 0. The number of hydrogen-bond donors (Lipinski definition) is 0. The summed E-state index contributed by atoms with van der Waals surface area (Å²) in [5.41, 5.74) is 0.740. The topological polar surface area (TPSA) is 23.8 Å². The molecule has 1 rings (SSSR count). The van der Waals surface area contributed by atoms with Crippen LogP contribution in [0.4, 0.5) is 0 Å². The normalized spacial score (nSPS) is 9.92. The summed E-state index contributed by atoms with van der Waals surface area (Å²) in [6.45, 7) is 4.34. The van der Waals surface area contributed by atoms with Gasteiger partial charge in [0, 0.05) is 5.02 Å². The monoisotopic (exact) mass is 195 g/mol. The predicted molar refractivity (Wildman–Crippen MR) is 54.7 cm³/mol. The van der Waals surface area contributed by atoms with Gasteiger partial charge < -0.3 is 0 Å². The Morgan fingerprint density at radius 3 is 2.50 bits per heavy atom. The van der Waals surface area contributed by atoms with Crippen LogP contribution < -0.4 is 5.19 Å². The van der Waals surface area contributed by atoms with Crippen LogP contribution in [0.2, 0.25) is 18.1 Å². The van der Waals surface area contributed by atoms with Gasteiger partial charge in [-0.15, -0.1) is 0 Å². The lowest BCUT2D eigenvalue weighted by atomic mass is 10.2. The average molecular weight is 196 g/mol. The molecule has 0 aliphatic rings. The molecule has 0 saturated heterocycles. The van der Waals surface area contributed by atoms with Crippen molar-refractivity contribution in [2.45, 2.75) is 13.1 Å². The molecule has 0 N–H and O–H groups in total. The van der Waals surface area contributed by atoms with E-state index < -0.39 is 8.80 Å². The van der Waals surface area contributed by atoms with Crippen LogP contribution >= 0.6 is 11.6 Å². The first-order chi connectivity index (χ1) is 5.66. The molecule has 1 nitrogen and oxygen atoms in total. The second-order valence-electron chi connectivity index (χ2n) is 2.97. The number of hydrogen-bond acceptors (Lipinski definition) is 1. The molecule has 3 heteroatoms. The maximum atomic E-state index is 8.81. The van der Waals surface area contributed by atoms with Crippen molar-refractivity contribution in [1.29, 1.82) is 5.26 Å². The maximum Gasteiger partial charge on any atom is 0.0990 e. The molecule has 1 aromatic carbocycles. The van der Waals surface area contributed by atoms with Crippen LogP contribution in [0.15, 0.2) is 18.2 Å². The number of nitrogens with zero attached hydrogens (tertiary/aromatic N) is 1. The third kappa shape index (κ3) is 1.69. The molecule has 0 aromatic heterocycles. The van der Waals surface area contributed by atoms with Gasteiger partial charge in [-0.2, -0.15) is 5.26 Å². The maximum absolute atomic E-state index is 8.81. The molecule has 0 fully saturated rings. The van der Waals surface area contributed by atoms with E-state index in [1.54, 1.807) is 0 Å². The lowest BCUT2D eigenvalue weighted by Crippen LogP contribution is -2.26. The first kappa shape index (κ1) is 9.31. The van der Waals surface area contributed by atoms with E-state index in [2.05, 4.69) is 19.2 Å². The number of halogens is 1. The van der Waals surface area contributed by atoms with Crippen LogP contribution in [0.3, 0.4) is 0 Å². The Balaban J connectivity index is 3.32. The Bertz CT molecular complexity index is 328. The average Bonchev–Trinajstić information content (AvgIpc) is 2.03. The van der Waals surface area contributed by atoms with Crippen molar-refractivity contribution in [2.24, 2.45) is 0 Å². The van der Waals surface area contributed by atoms with Crippen molar-refractivity contribution >= 4 is 25.6 Å². The van der Waals surface area contributed by atoms with E-state index >= 15 is 0 Å². The van der Waals surface area contributed by atoms with Gasteiger partial charge in [0.25, 0.3) is 0 Å². The highest BCUT2D eigenvalue weighted by Gasteiger charge is 2.10. The van der Waals surface area contributed by atoms with Crippen LogP contribution in [0.5, 0.6) is 0 Å². The summed E-state index contributed by atoms with van der Waals surface area (Å²) in [5.74, 6) is 0. The number of benzene rings is 1. The molecule has 0 spiro atoms. The van der Waals surface area contributed by atoms with E-state index in [1.807, 2.05) is 18.2 Å². The zero-order valence-corrected chi connectivity index (χ0v) is 9.05. The summed E-state index contributed by atoms with van der Waals surface area (Å²) in [6.07, 6.45) is 0. The second-order valence-corrected chi connectivity index (χ2v) is 6.26. The van der Waals surface area contributed by atoms with E-state index in [0.717, 1.165) is 15.8 Å². The van der Waals surface area contributed by atoms with Gasteiger partial charge in [-0.3, -0.25) is 0 Å². The van der Waals surface area contributed by atoms with Crippen LogP contribution in [0.25, 0.3) is 0 Å². The predicted octanol–water partition coefficient (Wildman–Crippen LogP) is 1.91. The van der Waals surface area contributed by atoms with E-state index in [-0.39, 0.29) is 0 Å². The molecule has 0 unspecified atom stereocenters. The highest BCUT2D eigenvalue weighted by Crippen LogP contribution is 2.09. The van der Waals surface area contributed by atoms with Crippen molar-refractivity contribution in [3.63, 3.8) is 0 Å². The van der Waals surface area contributed by atoms with Crippen LogP contribution in [-0.4, -0.2) is 8.80 Å². The summed E-state index contributed by atoms with van der Waals surface area (Å²) in [6, 6.07) is 7.67. The van der Waals surface area contributed by atoms with Gasteiger partial charge in [-0.25, -0.2) is 0 Å². The first-order valence-electron chi connectivity index (χ1n) is 3.85. The Labute approximate surface area is 79.2 Å². The van der Waals surface area contributed by atoms with Gasteiger partial charge in [0.15, 0.2) is 0 Å². The number of nitriles is 1. The van der Waals surface area contributed by atoms with E-state index in [4.69, 9.17) is 16.9 Å². The van der Waals surface area contributed by atoms with E-state index in [0.29, 0.717) is 0 Å². The van der Waals surface area contributed by atoms with Crippen molar-refractivity contribution in [1.82, 2.24) is 0 Å². The Hall–Kier alpha value is -0.783. The van der Waals surface area contributed by atoms with Crippen molar-refractivity contribution in [2.75, 3.05) is 0 Å². The Morgan fingerprint density at radius 2 is 2.08 bits per heavy atom. The molecule has 1 aromatic rings. The third-order valence-corrected chi connectivity index (χ3v) is 4.04. The van der Waals surface area contributed by atoms with Gasteiger partial charge in [-0.1, -0.05) is 30.8 Å².